The van der Waals surface area contributed by atoms with E-state index < -0.39 is 0 Å². The Morgan fingerprint density at radius 1 is 1.17 bits per heavy atom. The van der Waals surface area contributed by atoms with Crippen molar-refractivity contribution in [3.05, 3.63) is 0 Å². The molecule has 3 heteroatoms. The number of esters is 1. The zero-order chi connectivity index (χ0) is 13.6. The van der Waals surface area contributed by atoms with E-state index in [4.69, 9.17) is 11.6 Å². The van der Waals surface area contributed by atoms with E-state index in [0.29, 0.717) is 6.42 Å². The zero-order valence-electron chi connectivity index (χ0n) is 11.6. The highest BCUT2D eigenvalue weighted by atomic mass is 35.5. The molecule has 0 radical (unpaired) electrons. The minimum atomic E-state index is -0.271. The summed E-state index contributed by atoms with van der Waals surface area (Å²) in [6.07, 6.45) is 9.46. The predicted octanol–water partition coefficient (Wildman–Crippen LogP) is 4.30. The number of unbranched alkanes of at least 4 members (excludes halogenated alkanes) is 6. The fourth-order valence-electron chi connectivity index (χ4n) is 1.60. The van der Waals surface area contributed by atoms with Crippen LogP contribution in [0.25, 0.3) is 0 Å². The van der Waals surface area contributed by atoms with Crippen molar-refractivity contribution in [2.75, 3.05) is 7.11 Å². The van der Waals surface area contributed by atoms with Gasteiger partial charge < -0.3 is 4.74 Å². The van der Waals surface area contributed by atoms with E-state index in [0.717, 1.165) is 6.42 Å². The smallest absolute Gasteiger partial charge is 0.307 e. The Labute approximate surface area is 116 Å². The molecule has 2 nitrogen and oxygen atoms in total. The van der Waals surface area contributed by atoms with Gasteiger partial charge in [0.2, 0.25) is 0 Å². The fourth-order valence-corrected chi connectivity index (χ4v) is 1.80. The van der Waals surface area contributed by atoms with Crippen LogP contribution in [0.1, 0.15) is 64.7 Å². The van der Waals surface area contributed by atoms with Crippen LogP contribution in [0.4, 0.5) is 0 Å². The molecule has 104 valence electrons. The quantitative estimate of drug-likeness (QED) is 0.271. The topological polar surface area (TPSA) is 26.3 Å². The summed E-state index contributed by atoms with van der Waals surface area (Å²) in [6.45, 7) is 2.22. The predicted molar refractivity (Wildman–Crippen MR) is 76.7 cm³/mol. The van der Waals surface area contributed by atoms with E-state index in [-0.39, 0.29) is 17.8 Å². The molecule has 0 bridgehead atoms. The van der Waals surface area contributed by atoms with Gasteiger partial charge >= 0.3 is 5.97 Å². The summed E-state index contributed by atoms with van der Waals surface area (Å²) in [5, 5.41) is -0.227. The van der Waals surface area contributed by atoms with Gasteiger partial charge in [0.05, 0.1) is 18.9 Å². The molecule has 0 aliphatic carbocycles. The number of hydrogen-bond acceptors (Lipinski definition) is 2. The van der Waals surface area contributed by atoms with Crippen molar-refractivity contribution in [3.8, 4) is 11.8 Å². The van der Waals surface area contributed by atoms with E-state index in [1.54, 1.807) is 0 Å². The Bertz CT molecular complexity index is 265. The summed E-state index contributed by atoms with van der Waals surface area (Å²) < 4.78 is 4.54. The van der Waals surface area contributed by atoms with E-state index in [1.165, 1.54) is 45.6 Å². The summed E-state index contributed by atoms with van der Waals surface area (Å²) in [5.74, 6) is 5.87. The highest BCUT2D eigenvalue weighted by molar-refractivity contribution is 6.21. The normalized spacial score (nSPS) is 11.5. The number of alkyl halides is 1. The van der Waals surface area contributed by atoms with Crippen molar-refractivity contribution in [1.29, 1.82) is 0 Å². The third-order valence-electron chi connectivity index (χ3n) is 2.72. The minimum absolute atomic E-state index is 0.227. The van der Waals surface area contributed by atoms with Gasteiger partial charge in [0, 0.05) is 12.8 Å². The second kappa shape index (κ2) is 12.8. The Balaban J connectivity index is 3.40. The van der Waals surface area contributed by atoms with E-state index in [9.17, 15) is 4.79 Å². The molecule has 0 amide bonds. The Morgan fingerprint density at radius 2 is 1.83 bits per heavy atom. The number of halogens is 1. The number of methoxy groups -OCH3 is 1. The zero-order valence-corrected chi connectivity index (χ0v) is 12.4. The molecule has 0 fully saturated rings. The third-order valence-corrected chi connectivity index (χ3v) is 3.03. The molecule has 0 aliphatic rings. The van der Waals surface area contributed by atoms with Gasteiger partial charge in [-0.2, -0.15) is 0 Å². The molecular weight excluding hydrogens is 248 g/mol. The molecule has 0 rings (SSSR count). The van der Waals surface area contributed by atoms with Crippen LogP contribution in [0.3, 0.4) is 0 Å². The number of rotatable bonds is 9. The van der Waals surface area contributed by atoms with Crippen molar-refractivity contribution in [3.63, 3.8) is 0 Å². The Kier molecular flexibility index (Phi) is 12.3. The summed E-state index contributed by atoms with van der Waals surface area (Å²) >= 11 is 5.95. The van der Waals surface area contributed by atoms with Crippen LogP contribution < -0.4 is 0 Å². The van der Waals surface area contributed by atoms with Crippen molar-refractivity contribution in [2.24, 2.45) is 0 Å². The lowest BCUT2D eigenvalue weighted by molar-refractivity contribution is -0.140. The van der Waals surface area contributed by atoms with Crippen LogP contribution in [0.5, 0.6) is 0 Å². The van der Waals surface area contributed by atoms with Crippen molar-refractivity contribution in [2.45, 2.75) is 70.1 Å². The van der Waals surface area contributed by atoms with Crippen LogP contribution >= 0.6 is 11.6 Å². The first-order valence-corrected chi connectivity index (χ1v) is 7.31. The van der Waals surface area contributed by atoms with Gasteiger partial charge in [-0.25, -0.2) is 0 Å². The first-order valence-electron chi connectivity index (χ1n) is 6.87. The van der Waals surface area contributed by atoms with Crippen molar-refractivity contribution < 1.29 is 9.53 Å². The lowest BCUT2D eigenvalue weighted by Crippen LogP contribution is -2.08. The minimum Gasteiger partial charge on any atom is -0.469 e. The van der Waals surface area contributed by atoms with Gasteiger partial charge in [-0.05, 0) is 6.42 Å². The standard InChI is InChI=1S/C15H25ClO2/c1-3-4-5-6-7-8-9-10-11-12-14(16)13-15(17)18-2/h14H,3-9,12-13H2,1-2H3. The maximum absolute atomic E-state index is 10.9. The van der Waals surface area contributed by atoms with Crippen LogP contribution in [-0.4, -0.2) is 18.5 Å². The third kappa shape index (κ3) is 11.8. The highest BCUT2D eigenvalue weighted by Gasteiger charge is 2.09. The van der Waals surface area contributed by atoms with Gasteiger partial charge in [0.25, 0.3) is 0 Å². The summed E-state index contributed by atoms with van der Waals surface area (Å²) in [5.41, 5.74) is 0. The molecular formula is C15H25ClO2. The molecule has 1 unspecified atom stereocenters. The SMILES string of the molecule is CCCCCCCCC#CCC(Cl)CC(=O)OC. The second-order valence-electron chi connectivity index (χ2n) is 4.45. The lowest BCUT2D eigenvalue weighted by atomic mass is 10.1. The molecule has 0 aromatic heterocycles. The molecule has 0 aliphatic heterocycles. The highest BCUT2D eigenvalue weighted by Crippen LogP contribution is 2.08. The monoisotopic (exact) mass is 272 g/mol. The van der Waals surface area contributed by atoms with Crippen molar-refractivity contribution in [1.82, 2.24) is 0 Å². The fraction of sp³-hybridized carbons (Fsp3) is 0.800. The van der Waals surface area contributed by atoms with Gasteiger partial charge in [0.15, 0.2) is 0 Å². The number of carbonyl (C=O) groups is 1. The maximum Gasteiger partial charge on any atom is 0.307 e. The molecule has 18 heavy (non-hydrogen) atoms. The van der Waals surface area contributed by atoms with Crippen molar-refractivity contribution >= 4 is 17.6 Å². The van der Waals surface area contributed by atoms with Crippen LogP contribution in [0.2, 0.25) is 0 Å². The number of hydrogen-bond donors (Lipinski definition) is 0. The molecule has 0 heterocycles. The van der Waals surface area contributed by atoms with Gasteiger partial charge in [0.1, 0.15) is 0 Å². The summed E-state index contributed by atoms with van der Waals surface area (Å²) in [4.78, 5) is 10.9. The largest absolute Gasteiger partial charge is 0.469 e. The average molecular weight is 273 g/mol. The molecule has 0 aromatic carbocycles. The first kappa shape index (κ1) is 17.3. The van der Waals surface area contributed by atoms with Gasteiger partial charge in [-0.3, -0.25) is 4.79 Å². The van der Waals surface area contributed by atoms with Gasteiger partial charge in [-0.1, -0.05) is 39.0 Å². The van der Waals surface area contributed by atoms with E-state index in [2.05, 4.69) is 23.5 Å². The first-order chi connectivity index (χ1) is 8.70. The maximum atomic E-state index is 10.9. The summed E-state index contributed by atoms with van der Waals surface area (Å²) in [7, 11) is 1.37. The molecule has 0 aromatic rings. The molecule has 1 atom stereocenters. The molecule has 0 spiro atoms. The summed E-state index contributed by atoms with van der Waals surface area (Å²) in [6, 6.07) is 0. The Hall–Kier alpha value is -0.680. The van der Waals surface area contributed by atoms with Gasteiger partial charge in [-0.15, -0.1) is 23.4 Å². The lowest BCUT2D eigenvalue weighted by Gasteiger charge is -2.02. The average Bonchev–Trinajstić information content (AvgIpc) is 2.36. The second-order valence-corrected chi connectivity index (χ2v) is 5.07. The van der Waals surface area contributed by atoms with E-state index >= 15 is 0 Å². The van der Waals surface area contributed by atoms with Crippen LogP contribution in [0.15, 0.2) is 0 Å². The number of ether oxygens (including phenoxy) is 1. The van der Waals surface area contributed by atoms with Crippen LogP contribution in [0, 0.1) is 11.8 Å². The number of carbonyl (C=O) groups excluding carboxylic acids is 1. The molecule has 0 N–H and O–H groups in total. The molecule has 0 saturated heterocycles. The molecule has 0 saturated carbocycles. The Morgan fingerprint density at radius 3 is 2.50 bits per heavy atom. The van der Waals surface area contributed by atoms with E-state index in [1.807, 2.05) is 0 Å². The van der Waals surface area contributed by atoms with Crippen LogP contribution in [-0.2, 0) is 9.53 Å².